The smallest absolute Gasteiger partial charge is 0.201 e. The molecule has 0 radical (unpaired) electrons. The number of nitrogens with two attached hydrogens (primary N) is 1. The Kier molecular flexibility index (Phi) is 3.42. The van der Waals surface area contributed by atoms with Crippen molar-refractivity contribution in [1.29, 1.82) is 0 Å². The molecule has 0 saturated heterocycles. The largest absolute Gasteiger partial charge is 0.369 e. The van der Waals surface area contributed by atoms with E-state index in [9.17, 15) is 4.39 Å². The number of aromatic nitrogens is 2. The maximum atomic E-state index is 13.5. The zero-order valence-electron chi connectivity index (χ0n) is 11.7. The van der Waals surface area contributed by atoms with Crippen LogP contribution in [-0.4, -0.2) is 9.55 Å². The predicted octanol–water partition coefficient (Wildman–Crippen LogP) is 4.45. The summed E-state index contributed by atoms with van der Waals surface area (Å²) in [6.07, 6.45) is 0. The van der Waals surface area contributed by atoms with Gasteiger partial charge in [0.05, 0.1) is 16.1 Å². The fraction of sp³-hybridized carbons (Fsp3) is 0.267. The lowest BCUT2D eigenvalue weighted by atomic mass is 9.91. The van der Waals surface area contributed by atoms with Crippen LogP contribution in [0.15, 0.2) is 29.6 Å². The van der Waals surface area contributed by atoms with Crippen LogP contribution in [0.5, 0.6) is 0 Å². The molecule has 0 aliphatic carbocycles. The number of halogens is 2. The van der Waals surface area contributed by atoms with Crippen molar-refractivity contribution >= 4 is 39.9 Å². The van der Waals surface area contributed by atoms with E-state index in [-0.39, 0.29) is 10.4 Å². The summed E-state index contributed by atoms with van der Waals surface area (Å²) >= 11 is 7.59. The number of benzene rings is 1. The van der Waals surface area contributed by atoms with Crippen LogP contribution in [-0.2, 0) is 12.0 Å². The Labute approximate surface area is 131 Å². The third kappa shape index (κ3) is 2.51. The van der Waals surface area contributed by atoms with E-state index < -0.39 is 5.82 Å². The molecule has 2 N–H and O–H groups in total. The fourth-order valence-electron chi connectivity index (χ4n) is 2.44. The Morgan fingerprint density at radius 1 is 1.43 bits per heavy atom. The number of nitrogen functional groups attached to an aromatic ring is 1. The first kappa shape index (κ1) is 14.4. The molecule has 21 heavy (non-hydrogen) atoms. The maximum absolute atomic E-state index is 13.5. The van der Waals surface area contributed by atoms with Crippen LogP contribution in [0.2, 0.25) is 5.02 Å². The van der Waals surface area contributed by atoms with E-state index in [2.05, 4.69) is 30.3 Å². The predicted molar refractivity (Wildman–Crippen MR) is 86.5 cm³/mol. The van der Waals surface area contributed by atoms with Crippen LogP contribution in [0.1, 0.15) is 18.7 Å². The Morgan fingerprint density at radius 2 is 2.19 bits per heavy atom. The molecular formula is C15H15ClFN3S. The van der Waals surface area contributed by atoms with E-state index in [0.29, 0.717) is 18.0 Å². The maximum Gasteiger partial charge on any atom is 0.201 e. The highest BCUT2D eigenvalue weighted by Gasteiger charge is 2.25. The summed E-state index contributed by atoms with van der Waals surface area (Å²) in [6.45, 7) is 4.95. The first-order valence-electron chi connectivity index (χ1n) is 6.53. The van der Waals surface area contributed by atoms with Gasteiger partial charge in [0.15, 0.2) is 0 Å². The summed E-state index contributed by atoms with van der Waals surface area (Å²) in [5.41, 5.74) is 7.18. The summed E-state index contributed by atoms with van der Waals surface area (Å²) in [6, 6.07) is 7.04. The van der Waals surface area contributed by atoms with Gasteiger partial charge in [0.1, 0.15) is 5.82 Å². The van der Waals surface area contributed by atoms with Crippen LogP contribution >= 0.6 is 22.9 Å². The van der Waals surface area contributed by atoms with Gasteiger partial charge in [0, 0.05) is 22.9 Å². The first-order valence-corrected chi connectivity index (χ1v) is 7.79. The van der Waals surface area contributed by atoms with Crippen LogP contribution in [0, 0.1) is 5.82 Å². The Morgan fingerprint density at radius 3 is 2.86 bits per heavy atom. The molecule has 0 bridgehead atoms. The quantitative estimate of drug-likeness (QED) is 0.773. The van der Waals surface area contributed by atoms with Gasteiger partial charge in [-0.05, 0) is 17.5 Å². The van der Waals surface area contributed by atoms with Gasteiger partial charge in [-0.3, -0.25) is 0 Å². The summed E-state index contributed by atoms with van der Waals surface area (Å²) in [7, 11) is 0. The summed E-state index contributed by atoms with van der Waals surface area (Å²) in [4.78, 5) is 5.49. The number of hydrogen-bond acceptors (Lipinski definition) is 3. The summed E-state index contributed by atoms with van der Waals surface area (Å²) < 4.78 is 15.4. The van der Waals surface area contributed by atoms with E-state index >= 15 is 0 Å². The van der Waals surface area contributed by atoms with Gasteiger partial charge in [-0.2, -0.15) is 0 Å². The minimum absolute atomic E-state index is 0.0811. The molecule has 0 aliphatic rings. The molecule has 3 nitrogen and oxygen atoms in total. The number of hydrogen-bond donors (Lipinski definition) is 1. The summed E-state index contributed by atoms with van der Waals surface area (Å²) in [5.74, 6) is -0.109. The van der Waals surface area contributed by atoms with Crippen LogP contribution in [0.3, 0.4) is 0 Å². The highest BCUT2D eigenvalue weighted by atomic mass is 35.5. The van der Waals surface area contributed by atoms with E-state index in [4.69, 9.17) is 17.3 Å². The van der Waals surface area contributed by atoms with Crippen molar-refractivity contribution in [2.45, 2.75) is 25.8 Å². The van der Waals surface area contributed by atoms with E-state index in [1.54, 1.807) is 17.4 Å². The van der Waals surface area contributed by atoms with Gasteiger partial charge >= 0.3 is 0 Å². The molecule has 110 valence electrons. The molecule has 0 atom stereocenters. The second-order valence-electron chi connectivity index (χ2n) is 5.67. The van der Waals surface area contributed by atoms with Gasteiger partial charge < -0.3 is 10.3 Å². The van der Waals surface area contributed by atoms with Gasteiger partial charge in [-0.15, -0.1) is 11.3 Å². The van der Waals surface area contributed by atoms with E-state index in [1.165, 1.54) is 10.9 Å². The zero-order valence-corrected chi connectivity index (χ0v) is 13.3. The molecule has 2 heterocycles. The second-order valence-corrected chi connectivity index (χ2v) is 7.03. The van der Waals surface area contributed by atoms with E-state index in [1.807, 2.05) is 10.6 Å². The van der Waals surface area contributed by atoms with Gasteiger partial charge in [-0.25, -0.2) is 9.37 Å². The Balaban J connectivity index is 2.08. The average molecular weight is 324 g/mol. The molecule has 3 rings (SSSR count). The van der Waals surface area contributed by atoms with Crippen LogP contribution in [0.4, 0.5) is 10.3 Å². The normalized spacial score (nSPS) is 12.2. The Hall–Kier alpha value is -1.59. The SMILES string of the molecule is CC(C)(Cn1c(N)nc2cc(F)c(Cl)cc21)c1cccs1. The lowest BCUT2D eigenvalue weighted by Gasteiger charge is -2.24. The Bertz CT molecular complexity index is 793. The summed E-state index contributed by atoms with van der Waals surface area (Å²) in [5, 5.41) is 2.14. The molecule has 2 aromatic heterocycles. The molecule has 0 amide bonds. The number of anilines is 1. The van der Waals surface area contributed by atoms with Crippen molar-refractivity contribution in [3.8, 4) is 0 Å². The number of rotatable bonds is 3. The van der Waals surface area contributed by atoms with Crippen LogP contribution < -0.4 is 5.73 Å². The topological polar surface area (TPSA) is 43.8 Å². The zero-order chi connectivity index (χ0) is 15.2. The van der Waals surface area contributed by atoms with Gasteiger partial charge in [-0.1, -0.05) is 31.5 Å². The molecule has 0 spiro atoms. The van der Waals surface area contributed by atoms with E-state index in [0.717, 1.165) is 5.52 Å². The molecule has 1 aromatic carbocycles. The molecule has 0 aliphatic heterocycles. The fourth-order valence-corrected chi connectivity index (χ4v) is 3.44. The number of fused-ring (bicyclic) bond motifs is 1. The standard InChI is InChI=1S/C15H15ClFN3S/c1-15(2,13-4-3-5-21-13)8-20-12-6-9(16)10(17)7-11(12)19-14(20)18/h3-7H,8H2,1-2H3,(H2,18,19). The monoisotopic (exact) mass is 323 g/mol. The molecular weight excluding hydrogens is 309 g/mol. The minimum atomic E-state index is -0.480. The molecule has 0 saturated carbocycles. The average Bonchev–Trinajstić information content (AvgIpc) is 3.02. The molecule has 3 aromatic rings. The lowest BCUT2D eigenvalue weighted by molar-refractivity contribution is 0.453. The first-order chi connectivity index (χ1) is 9.88. The highest BCUT2D eigenvalue weighted by molar-refractivity contribution is 7.10. The molecule has 6 heteroatoms. The van der Waals surface area contributed by atoms with Crippen molar-refractivity contribution in [1.82, 2.24) is 9.55 Å². The second kappa shape index (κ2) is 5.00. The number of nitrogens with zero attached hydrogens (tertiary/aromatic N) is 2. The van der Waals surface area contributed by atoms with Gasteiger partial charge in [0.25, 0.3) is 0 Å². The van der Waals surface area contributed by atoms with Crippen molar-refractivity contribution in [2.75, 3.05) is 5.73 Å². The molecule has 0 fully saturated rings. The van der Waals surface area contributed by atoms with Crippen molar-refractivity contribution in [3.63, 3.8) is 0 Å². The highest BCUT2D eigenvalue weighted by Crippen LogP contribution is 2.32. The third-order valence-electron chi connectivity index (χ3n) is 3.56. The molecule has 0 unspecified atom stereocenters. The third-order valence-corrected chi connectivity index (χ3v) is 5.09. The van der Waals surface area contributed by atoms with Crippen molar-refractivity contribution in [3.05, 3.63) is 45.4 Å². The number of imidazole rings is 1. The van der Waals surface area contributed by atoms with Gasteiger partial charge in [0.2, 0.25) is 5.95 Å². The number of thiophene rings is 1. The lowest BCUT2D eigenvalue weighted by Crippen LogP contribution is -2.24. The minimum Gasteiger partial charge on any atom is -0.369 e. The van der Waals surface area contributed by atoms with Crippen LogP contribution in [0.25, 0.3) is 11.0 Å². The van der Waals surface area contributed by atoms with Crippen molar-refractivity contribution in [2.24, 2.45) is 0 Å². The van der Waals surface area contributed by atoms with Crippen molar-refractivity contribution < 1.29 is 4.39 Å².